The van der Waals surface area contributed by atoms with Crippen molar-refractivity contribution in [1.29, 1.82) is 5.26 Å². The van der Waals surface area contributed by atoms with Gasteiger partial charge in [0.2, 0.25) is 5.88 Å². The van der Waals surface area contributed by atoms with Crippen molar-refractivity contribution in [2.45, 2.75) is 6.92 Å². The van der Waals surface area contributed by atoms with Crippen LogP contribution >= 0.6 is 0 Å². The van der Waals surface area contributed by atoms with Gasteiger partial charge in [-0.25, -0.2) is 9.37 Å². The van der Waals surface area contributed by atoms with Crippen molar-refractivity contribution in [1.82, 2.24) is 4.98 Å². The summed E-state index contributed by atoms with van der Waals surface area (Å²) in [7, 11) is 0. The average Bonchev–Trinajstić information content (AvgIpc) is 2.34. The molecule has 0 bridgehead atoms. The third-order valence-electron chi connectivity index (χ3n) is 2.43. The summed E-state index contributed by atoms with van der Waals surface area (Å²) in [6.45, 7) is 1.81. The first kappa shape index (κ1) is 11.9. The summed E-state index contributed by atoms with van der Waals surface area (Å²) in [6.07, 6.45) is 1.45. The van der Waals surface area contributed by atoms with E-state index >= 15 is 0 Å². The zero-order valence-electron chi connectivity index (χ0n) is 9.64. The standard InChI is InChI=1S/C13H10FN3O/c1-8-5-13(17-7-11(8)16)18-12-4-2-3-10(14)9(12)6-15/h2-5,7H,16H2,1H3. The van der Waals surface area contributed by atoms with Crippen LogP contribution < -0.4 is 10.5 Å². The molecule has 0 radical (unpaired) electrons. The Labute approximate surface area is 103 Å². The highest BCUT2D eigenvalue weighted by atomic mass is 19.1. The number of nitriles is 1. The van der Waals surface area contributed by atoms with Crippen LogP contribution in [0.3, 0.4) is 0 Å². The van der Waals surface area contributed by atoms with Crippen molar-refractivity contribution in [2.24, 2.45) is 0 Å². The molecule has 0 fully saturated rings. The summed E-state index contributed by atoms with van der Waals surface area (Å²) >= 11 is 0. The predicted molar refractivity (Wildman–Crippen MR) is 64.6 cm³/mol. The fraction of sp³-hybridized carbons (Fsp3) is 0.0769. The summed E-state index contributed by atoms with van der Waals surface area (Å²) in [5.41, 5.74) is 6.83. The first-order chi connectivity index (χ1) is 8.61. The maximum Gasteiger partial charge on any atom is 0.219 e. The SMILES string of the molecule is Cc1cc(Oc2cccc(F)c2C#N)ncc1N. The largest absolute Gasteiger partial charge is 0.438 e. The summed E-state index contributed by atoms with van der Waals surface area (Å²) in [4.78, 5) is 3.96. The number of anilines is 1. The van der Waals surface area contributed by atoms with Crippen molar-refractivity contribution in [3.8, 4) is 17.7 Å². The van der Waals surface area contributed by atoms with Gasteiger partial charge in [-0.2, -0.15) is 5.26 Å². The highest BCUT2D eigenvalue weighted by Crippen LogP contribution is 2.26. The normalized spacial score (nSPS) is 9.83. The van der Waals surface area contributed by atoms with E-state index in [0.29, 0.717) is 5.69 Å². The van der Waals surface area contributed by atoms with Crippen LogP contribution in [0, 0.1) is 24.1 Å². The summed E-state index contributed by atoms with van der Waals surface area (Å²) in [6, 6.07) is 7.56. The summed E-state index contributed by atoms with van der Waals surface area (Å²) in [5.74, 6) is -0.222. The van der Waals surface area contributed by atoms with Crippen LogP contribution in [-0.4, -0.2) is 4.98 Å². The lowest BCUT2D eigenvalue weighted by Gasteiger charge is -2.08. The number of ether oxygens (including phenoxy) is 1. The zero-order valence-corrected chi connectivity index (χ0v) is 9.64. The Hall–Kier alpha value is -2.61. The van der Waals surface area contributed by atoms with E-state index in [2.05, 4.69) is 4.98 Å². The minimum Gasteiger partial charge on any atom is -0.438 e. The van der Waals surface area contributed by atoms with Gasteiger partial charge in [0.05, 0.1) is 11.9 Å². The van der Waals surface area contributed by atoms with Crippen molar-refractivity contribution in [3.05, 3.63) is 47.4 Å². The second kappa shape index (κ2) is 4.72. The molecule has 18 heavy (non-hydrogen) atoms. The van der Waals surface area contributed by atoms with Gasteiger partial charge in [-0.15, -0.1) is 0 Å². The van der Waals surface area contributed by atoms with E-state index in [-0.39, 0.29) is 17.2 Å². The Morgan fingerprint density at radius 2 is 2.22 bits per heavy atom. The second-order valence-electron chi connectivity index (χ2n) is 3.71. The van der Waals surface area contributed by atoms with Crippen LogP contribution in [0.1, 0.15) is 11.1 Å². The number of benzene rings is 1. The lowest BCUT2D eigenvalue weighted by molar-refractivity contribution is 0.456. The number of rotatable bonds is 2. The number of nitrogens with zero attached hydrogens (tertiary/aromatic N) is 2. The maximum absolute atomic E-state index is 13.4. The molecule has 0 saturated heterocycles. The molecule has 2 aromatic rings. The molecule has 0 amide bonds. The molecule has 1 aromatic heterocycles. The first-order valence-electron chi connectivity index (χ1n) is 5.20. The lowest BCUT2D eigenvalue weighted by atomic mass is 10.2. The quantitative estimate of drug-likeness (QED) is 0.880. The third-order valence-corrected chi connectivity index (χ3v) is 2.43. The fourth-order valence-electron chi connectivity index (χ4n) is 1.41. The lowest BCUT2D eigenvalue weighted by Crippen LogP contribution is -1.96. The van der Waals surface area contributed by atoms with Gasteiger partial charge in [0, 0.05) is 6.07 Å². The number of hydrogen-bond acceptors (Lipinski definition) is 4. The molecule has 0 unspecified atom stereocenters. The molecule has 4 nitrogen and oxygen atoms in total. The van der Waals surface area contributed by atoms with Gasteiger partial charge >= 0.3 is 0 Å². The average molecular weight is 243 g/mol. The van der Waals surface area contributed by atoms with Gasteiger partial charge in [-0.05, 0) is 24.6 Å². The highest BCUT2D eigenvalue weighted by molar-refractivity contribution is 5.48. The maximum atomic E-state index is 13.4. The second-order valence-corrected chi connectivity index (χ2v) is 3.71. The Morgan fingerprint density at radius 3 is 2.89 bits per heavy atom. The molecule has 2 rings (SSSR count). The Balaban J connectivity index is 2.37. The first-order valence-corrected chi connectivity index (χ1v) is 5.20. The van der Waals surface area contributed by atoms with Crippen molar-refractivity contribution >= 4 is 5.69 Å². The van der Waals surface area contributed by atoms with Crippen LogP contribution in [0.25, 0.3) is 0 Å². The highest BCUT2D eigenvalue weighted by Gasteiger charge is 2.10. The molecule has 1 aromatic carbocycles. The van der Waals surface area contributed by atoms with Crippen LogP contribution in [0.15, 0.2) is 30.5 Å². The molecule has 0 atom stereocenters. The molecule has 5 heteroatoms. The summed E-state index contributed by atoms with van der Waals surface area (Å²) in [5, 5.41) is 8.87. The zero-order chi connectivity index (χ0) is 13.1. The van der Waals surface area contributed by atoms with Crippen molar-refractivity contribution < 1.29 is 9.13 Å². The molecule has 0 spiro atoms. The van der Waals surface area contributed by atoms with E-state index in [1.165, 1.54) is 24.4 Å². The molecule has 2 N–H and O–H groups in total. The van der Waals surface area contributed by atoms with Gasteiger partial charge in [0.1, 0.15) is 23.2 Å². The molecular weight excluding hydrogens is 233 g/mol. The van der Waals surface area contributed by atoms with E-state index in [1.54, 1.807) is 19.1 Å². The Bertz CT molecular complexity index is 635. The van der Waals surface area contributed by atoms with Crippen molar-refractivity contribution in [3.63, 3.8) is 0 Å². The number of aromatic nitrogens is 1. The molecule has 0 saturated carbocycles. The number of halogens is 1. The van der Waals surface area contributed by atoms with Crippen LogP contribution in [-0.2, 0) is 0 Å². The molecule has 0 aliphatic heterocycles. The number of pyridine rings is 1. The van der Waals surface area contributed by atoms with Gasteiger partial charge in [-0.3, -0.25) is 0 Å². The van der Waals surface area contributed by atoms with E-state index in [0.717, 1.165) is 5.56 Å². The fourth-order valence-corrected chi connectivity index (χ4v) is 1.41. The van der Waals surface area contributed by atoms with Crippen molar-refractivity contribution in [2.75, 3.05) is 5.73 Å². The van der Waals surface area contributed by atoms with Crippen LogP contribution in [0.4, 0.5) is 10.1 Å². The predicted octanol–water partition coefficient (Wildman–Crippen LogP) is 2.78. The summed E-state index contributed by atoms with van der Waals surface area (Å²) < 4.78 is 18.7. The van der Waals surface area contributed by atoms with Gasteiger partial charge in [0.25, 0.3) is 0 Å². The molecular formula is C13H10FN3O. The number of nitrogen functional groups attached to an aromatic ring is 1. The smallest absolute Gasteiger partial charge is 0.219 e. The molecule has 90 valence electrons. The van der Waals surface area contributed by atoms with E-state index < -0.39 is 5.82 Å². The van der Waals surface area contributed by atoms with Gasteiger partial charge in [0.15, 0.2) is 0 Å². The Morgan fingerprint density at radius 1 is 1.44 bits per heavy atom. The number of nitrogens with two attached hydrogens (primary N) is 1. The molecule has 1 heterocycles. The monoisotopic (exact) mass is 243 g/mol. The Kier molecular flexibility index (Phi) is 3.11. The number of aryl methyl sites for hydroxylation is 1. The minimum atomic E-state index is -0.623. The van der Waals surface area contributed by atoms with Crippen LogP contribution in [0.5, 0.6) is 11.6 Å². The van der Waals surface area contributed by atoms with E-state index in [9.17, 15) is 4.39 Å². The minimum absolute atomic E-state index is 0.133. The molecule has 0 aliphatic carbocycles. The van der Waals surface area contributed by atoms with Crippen LogP contribution in [0.2, 0.25) is 0 Å². The number of hydrogen-bond donors (Lipinski definition) is 1. The van der Waals surface area contributed by atoms with E-state index in [4.69, 9.17) is 15.7 Å². The third kappa shape index (κ3) is 2.23. The molecule has 0 aliphatic rings. The topological polar surface area (TPSA) is 71.9 Å². The van der Waals surface area contributed by atoms with E-state index in [1.807, 2.05) is 0 Å². The van der Waals surface area contributed by atoms with Gasteiger partial charge in [-0.1, -0.05) is 6.07 Å². The van der Waals surface area contributed by atoms with Gasteiger partial charge < -0.3 is 10.5 Å².